The molecule has 0 heterocycles. The highest BCUT2D eigenvalue weighted by molar-refractivity contribution is 5.91. The number of carbonyl (C=O) groups is 1. The van der Waals surface area contributed by atoms with E-state index >= 15 is 0 Å². The zero-order chi connectivity index (χ0) is 17.0. The summed E-state index contributed by atoms with van der Waals surface area (Å²) in [6, 6.07) is 16.1. The van der Waals surface area contributed by atoms with E-state index in [-0.39, 0.29) is 24.4 Å². The standard InChI is InChI=1S/C20H22FNO2/c21-17-10-5-4-9-16(17)20(12-13-20)19(24)22-18(11-6-14-23)15-7-2-1-3-8-15/h1-5,7-10,18,23H,6,11-14H2,(H,22,24). The Morgan fingerprint density at radius 1 is 1.12 bits per heavy atom. The molecule has 2 aromatic rings. The van der Waals surface area contributed by atoms with Gasteiger partial charge in [-0.25, -0.2) is 4.39 Å². The van der Waals surface area contributed by atoms with Crippen LogP contribution in [0.25, 0.3) is 0 Å². The lowest BCUT2D eigenvalue weighted by Gasteiger charge is -2.23. The van der Waals surface area contributed by atoms with Crippen molar-refractivity contribution < 1.29 is 14.3 Å². The molecule has 3 nitrogen and oxygen atoms in total. The minimum atomic E-state index is -0.739. The first-order valence-electron chi connectivity index (χ1n) is 8.39. The van der Waals surface area contributed by atoms with Crippen LogP contribution in [0.15, 0.2) is 54.6 Å². The van der Waals surface area contributed by atoms with Crippen molar-refractivity contribution in [2.24, 2.45) is 0 Å². The molecule has 1 aliphatic carbocycles. The molecular weight excluding hydrogens is 305 g/mol. The Labute approximate surface area is 141 Å². The zero-order valence-corrected chi connectivity index (χ0v) is 13.5. The lowest BCUT2D eigenvalue weighted by Crippen LogP contribution is -2.38. The van der Waals surface area contributed by atoms with Crippen molar-refractivity contribution in [2.45, 2.75) is 37.1 Å². The van der Waals surface area contributed by atoms with Crippen molar-refractivity contribution in [3.63, 3.8) is 0 Å². The van der Waals surface area contributed by atoms with Crippen molar-refractivity contribution >= 4 is 5.91 Å². The monoisotopic (exact) mass is 327 g/mol. The average Bonchev–Trinajstić information content (AvgIpc) is 3.41. The molecule has 24 heavy (non-hydrogen) atoms. The van der Waals surface area contributed by atoms with Crippen molar-refractivity contribution in [2.75, 3.05) is 6.61 Å². The number of hydrogen-bond donors (Lipinski definition) is 2. The third kappa shape index (κ3) is 3.34. The second-order valence-electron chi connectivity index (χ2n) is 6.36. The van der Waals surface area contributed by atoms with Gasteiger partial charge in [-0.15, -0.1) is 0 Å². The first-order valence-corrected chi connectivity index (χ1v) is 8.39. The molecule has 2 aromatic carbocycles. The molecule has 0 radical (unpaired) electrons. The van der Waals surface area contributed by atoms with Gasteiger partial charge >= 0.3 is 0 Å². The van der Waals surface area contributed by atoms with Crippen LogP contribution in [-0.2, 0) is 10.2 Å². The summed E-state index contributed by atoms with van der Waals surface area (Å²) in [5, 5.41) is 12.2. The van der Waals surface area contributed by atoms with Crippen molar-refractivity contribution in [1.29, 1.82) is 0 Å². The first-order chi connectivity index (χ1) is 11.7. The number of amides is 1. The Kier molecular flexibility index (Phi) is 4.95. The summed E-state index contributed by atoms with van der Waals surface area (Å²) in [4.78, 5) is 12.9. The number of nitrogens with one attached hydrogen (secondary N) is 1. The molecule has 0 spiro atoms. The average molecular weight is 327 g/mol. The van der Waals surface area contributed by atoms with E-state index in [2.05, 4.69) is 5.32 Å². The highest BCUT2D eigenvalue weighted by Gasteiger charge is 2.53. The Morgan fingerprint density at radius 3 is 2.42 bits per heavy atom. The summed E-state index contributed by atoms with van der Waals surface area (Å²) < 4.78 is 14.1. The quantitative estimate of drug-likeness (QED) is 0.818. The maximum absolute atomic E-state index is 14.1. The molecule has 1 saturated carbocycles. The molecule has 1 unspecified atom stereocenters. The highest BCUT2D eigenvalue weighted by Crippen LogP contribution is 2.49. The number of carbonyl (C=O) groups excluding carboxylic acids is 1. The van der Waals surface area contributed by atoms with E-state index in [1.165, 1.54) is 6.07 Å². The van der Waals surface area contributed by atoms with E-state index in [0.29, 0.717) is 31.2 Å². The molecule has 0 bridgehead atoms. The number of benzene rings is 2. The minimum Gasteiger partial charge on any atom is -0.396 e. The van der Waals surface area contributed by atoms with Crippen LogP contribution in [0.5, 0.6) is 0 Å². The summed E-state index contributed by atoms with van der Waals surface area (Å²) in [5.74, 6) is -0.448. The van der Waals surface area contributed by atoms with Crippen molar-refractivity contribution in [3.05, 3.63) is 71.5 Å². The molecular formula is C20H22FNO2. The van der Waals surface area contributed by atoms with Crippen LogP contribution < -0.4 is 5.32 Å². The van der Waals surface area contributed by atoms with Gasteiger partial charge in [0.2, 0.25) is 5.91 Å². The summed E-state index contributed by atoms with van der Waals surface area (Å²) >= 11 is 0. The predicted octanol–water partition coefficient (Wildman–Crippen LogP) is 3.49. The Balaban J connectivity index is 1.80. The van der Waals surface area contributed by atoms with Crippen LogP contribution in [0.3, 0.4) is 0 Å². The van der Waals surface area contributed by atoms with Crippen LogP contribution in [0.2, 0.25) is 0 Å². The van der Waals surface area contributed by atoms with Gasteiger partial charge in [-0.2, -0.15) is 0 Å². The molecule has 1 atom stereocenters. The van der Waals surface area contributed by atoms with Gasteiger partial charge in [-0.1, -0.05) is 48.5 Å². The van der Waals surface area contributed by atoms with E-state index < -0.39 is 5.41 Å². The fraction of sp³-hybridized carbons (Fsp3) is 0.350. The van der Waals surface area contributed by atoms with E-state index in [0.717, 1.165) is 5.56 Å². The van der Waals surface area contributed by atoms with Crippen molar-refractivity contribution in [3.8, 4) is 0 Å². The van der Waals surface area contributed by atoms with Gasteiger partial charge in [0.15, 0.2) is 0 Å². The maximum Gasteiger partial charge on any atom is 0.231 e. The molecule has 0 aliphatic heterocycles. The second-order valence-corrected chi connectivity index (χ2v) is 6.36. The number of aliphatic hydroxyl groups is 1. The van der Waals surface area contributed by atoms with Gasteiger partial charge in [0, 0.05) is 12.2 Å². The van der Waals surface area contributed by atoms with Crippen LogP contribution in [-0.4, -0.2) is 17.6 Å². The van der Waals surface area contributed by atoms with Crippen LogP contribution >= 0.6 is 0 Å². The first kappa shape index (κ1) is 16.7. The lowest BCUT2D eigenvalue weighted by molar-refractivity contribution is -0.124. The molecule has 4 heteroatoms. The Hall–Kier alpha value is -2.20. The van der Waals surface area contributed by atoms with Gasteiger partial charge < -0.3 is 10.4 Å². The van der Waals surface area contributed by atoms with E-state index in [9.17, 15) is 9.18 Å². The second kappa shape index (κ2) is 7.14. The number of halogens is 1. The minimum absolute atomic E-state index is 0.0810. The van der Waals surface area contributed by atoms with Crippen LogP contribution in [0, 0.1) is 5.82 Å². The fourth-order valence-corrected chi connectivity index (χ4v) is 3.19. The normalized spacial score (nSPS) is 16.4. The molecule has 0 saturated heterocycles. The molecule has 126 valence electrons. The summed E-state index contributed by atoms with van der Waals surface area (Å²) in [6.07, 6.45) is 2.59. The molecule has 1 aliphatic rings. The Morgan fingerprint density at radius 2 is 1.79 bits per heavy atom. The molecule has 3 rings (SSSR count). The fourth-order valence-electron chi connectivity index (χ4n) is 3.19. The zero-order valence-electron chi connectivity index (χ0n) is 13.5. The summed E-state index contributed by atoms with van der Waals surface area (Å²) in [6.45, 7) is 0.0810. The third-order valence-electron chi connectivity index (χ3n) is 4.73. The molecule has 1 amide bonds. The van der Waals surface area contributed by atoms with E-state index in [1.807, 2.05) is 30.3 Å². The highest BCUT2D eigenvalue weighted by atomic mass is 19.1. The molecule has 0 aromatic heterocycles. The van der Waals surface area contributed by atoms with Crippen LogP contribution in [0.4, 0.5) is 4.39 Å². The number of hydrogen-bond acceptors (Lipinski definition) is 2. The SMILES string of the molecule is O=C(NC(CCCO)c1ccccc1)C1(c2ccccc2F)CC1. The Bertz CT molecular complexity index is 698. The van der Waals surface area contributed by atoms with E-state index in [4.69, 9.17) is 5.11 Å². The summed E-state index contributed by atoms with van der Waals surface area (Å²) in [7, 11) is 0. The van der Waals surface area contributed by atoms with Gasteiger partial charge in [-0.05, 0) is 37.3 Å². The summed E-state index contributed by atoms with van der Waals surface area (Å²) in [5.41, 5.74) is 0.748. The maximum atomic E-state index is 14.1. The van der Waals surface area contributed by atoms with Gasteiger partial charge in [-0.3, -0.25) is 4.79 Å². The number of aliphatic hydroxyl groups excluding tert-OH is 1. The largest absolute Gasteiger partial charge is 0.396 e. The number of rotatable bonds is 7. The van der Waals surface area contributed by atoms with Crippen LogP contribution in [0.1, 0.15) is 42.9 Å². The smallest absolute Gasteiger partial charge is 0.231 e. The van der Waals surface area contributed by atoms with Crippen molar-refractivity contribution in [1.82, 2.24) is 5.32 Å². The molecule has 2 N–H and O–H groups in total. The van der Waals surface area contributed by atoms with Gasteiger partial charge in [0.25, 0.3) is 0 Å². The van der Waals surface area contributed by atoms with Gasteiger partial charge in [0.05, 0.1) is 11.5 Å². The van der Waals surface area contributed by atoms with Gasteiger partial charge in [0.1, 0.15) is 5.82 Å². The molecule has 1 fully saturated rings. The topological polar surface area (TPSA) is 49.3 Å². The lowest BCUT2D eigenvalue weighted by atomic mass is 9.93. The predicted molar refractivity (Wildman–Crippen MR) is 91.0 cm³/mol. The van der Waals surface area contributed by atoms with E-state index in [1.54, 1.807) is 18.2 Å². The third-order valence-corrected chi connectivity index (χ3v) is 4.73.